The van der Waals surface area contributed by atoms with Crippen molar-refractivity contribution in [3.8, 4) is 0 Å². The first-order valence-corrected chi connectivity index (χ1v) is 8.77. The molecule has 2 amide bonds. The minimum Gasteiger partial charge on any atom is -0.326 e. The van der Waals surface area contributed by atoms with Crippen LogP contribution in [0.1, 0.15) is 28.5 Å². The normalized spacial score (nSPS) is 10.2. The van der Waals surface area contributed by atoms with Crippen LogP contribution in [0.5, 0.6) is 0 Å². The van der Waals surface area contributed by atoms with Gasteiger partial charge in [-0.25, -0.2) is 9.97 Å². The highest BCUT2D eigenvalue weighted by atomic mass is 16.2. The largest absolute Gasteiger partial charge is 0.326 e. The van der Waals surface area contributed by atoms with Crippen LogP contribution in [0.2, 0.25) is 0 Å². The highest BCUT2D eigenvalue weighted by Crippen LogP contribution is 2.20. The van der Waals surface area contributed by atoms with Gasteiger partial charge in [-0.2, -0.15) is 0 Å². The van der Waals surface area contributed by atoms with Crippen LogP contribution < -0.4 is 16.0 Å². The van der Waals surface area contributed by atoms with Crippen molar-refractivity contribution >= 4 is 34.8 Å². The van der Waals surface area contributed by atoms with Gasteiger partial charge < -0.3 is 16.0 Å². The van der Waals surface area contributed by atoms with Gasteiger partial charge in [-0.3, -0.25) is 9.59 Å². The third-order valence-corrected chi connectivity index (χ3v) is 3.98. The molecule has 0 atom stereocenters. The molecule has 0 fully saturated rings. The number of hydrogen-bond acceptors (Lipinski definition) is 5. The number of benzene rings is 2. The second-order valence-electron chi connectivity index (χ2n) is 6.42. The van der Waals surface area contributed by atoms with Crippen molar-refractivity contribution in [2.75, 3.05) is 16.0 Å². The summed E-state index contributed by atoms with van der Waals surface area (Å²) in [5.41, 5.74) is 4.62. The predicted molar refractivity (Wildman–Crippen MR) is 110 cm³/mol. The SMILES string of the molecule is CC(=O)Nc1ccc(NC(=O)c2ccnc(Nc3ccc(C)cc3C)n2)cc1. The fourth-order valence-corrected chi connectivity index (χ4v) is 2.65. The minimum atomic E-state index is -0.349. The van der Waals surface area contributed by atoms with Gasteiger partial charge in [0.1, 0.15) is 5.69 Å². The molecule has 0 unspecified atom stereocenters. The quantitative estimate of drug-likeness (QED) is 0.625. The number of nitrogens with zero attached hydrogens (tertiary/aromatic N) is 2. The van der Waals surface area contributed by atoms with Gasteiger partial charge in [-0.15, -0.1) is 0 Å². The van der Waals surface area contributed by atoms with Crippen LogP contribution in [0.4, 0.5) is 23.0 Å². The predicted octanol–water partition coefficient (Wildman–Crippen LogP) is 4.05. The van der Waals surface area contributed by atoms with Crippen molar-refractivity contribution in [2.45, 2.75) is 20.8 Å². The first-order valence-electron chi connectivity index (χ1n) is 8.77. The van der Waals surface area contributed by atoms with E-state index < -0.39 is 0 Å². The topological polar surface area (TPSA) is 96.0 Å². The Kier molecular flexibility index (Phi) is 5.64. The second kappa shape index (κ2) is 8.30. The van der Waals surface area contributed by atoms with Crippen LogP contribution >= 0.6 is 0 Å². The Morgan fingerprint density at radius 3 is 2.21 bits per heavy atom. The van der Waals surface area contributed by atoms with Crippen LogP contribution in [0.3, 0.4) is 0 Å². The fraction of sp³-hybridized carbons (Fsp3) is 0.143. The number of aromatic nitrogens is 2. The Hall–Kier alpha value is -3.74. The summed E-state index contributed by atoms with van der Waals surface area (Å²) < 4.78 is 0. The number of hydrogen-bond donors (Lipinski definition) is 3. The Bertz CT molecular complexity index is 1020. The molecule has 0 saturated carbocycles. The molecule has 0 bridgehead atoms. The Balaban J connectivity index is 1.70. The molecule has 0 saturated heterocycles. The van der Waals surface area contributed by atoms with E-state index >= 15 is 0 Å². The molecule has 3 N–H and O–H groups in total. The van der Waals surface area contributed by atoms with E-state index in [-0.39, 0.29) is 17.5 Å². The molecule has 0 aliphatic rings. The highest BCUT2D eigenvalue weighted by molar-refractivity contribution is 6.03. The summed E-state index contributed by atoms with van der Waals surface area (Å²) in [5.74, 6) is -0.152. The van der Waals surface area contributed by atoms with Gasteiger partial charge in [0.25, 0.3) is 5.91 Å². The molecule has 3 aromatic rings. The zero-order valence-corrected chi connectivity index (χ0v) is 15.9. The second-order valence-corrected chi connectivity index (χ2v) is 6.42. The third kappa shape index (κ3) is 4.91. The molecular weight excluding hydrogens is 354 g/mol. The smallest absolute Gasteiger partial charge is 0.274 e. The lowest BCUT2D eigenvalue weighted by Gasteiger charge is -2.10. The molecule has 0 aliphatic carbocycles. The Morgan fingerprint density at radius 2 is 1.57 bits per heavy atom. The lowest BCUT2D eigenvalue weighted by atomic mass is 10.1. The number of carbonyl (C=O) groups excluding carboxylic acids is 2. The summed E-state index contributed by atoms with van der Waals surface area (Å²) in [6.07, 6.45) is 1.54. The van der Waals surface area contributed by atoms with Crippen molar-refractivity contribution in [3.63, 3.8) is 0 Å². The number of rotatable bonds is 5. The van der Waals surface area contributed by atoms with E-state index in [9.17, 15) is 9.59 Å². The Morgan fingerprint density at radius 1 is 0.893 bits per heavy atom. The lowest BCUT2D eigenvalue weighted by molar-refractivity contribution is -0.114. The monoisotopic (exact) mass is 375 g/mol. The fourth-order valence-electron chi connectivity index (χ4n) is 2.65. The molecule has 7 heteroatoms. The van der Waals surface area contributed by atoms with E-state index in [0.717, 1.165) is 11.3 Å². The molecule has 142 valence electrons. The number of amides is 2. The van der Waals surface area contributed by atoms with E-state index in [4.69, 9.17) is 0 Å². The summed E-state index contributed by atoms with van der Waals surface area (Å²) in [6.45, 7) is 5.46. The van der Waals surface area contributed by atoms with Crippen LogP contribution in [0, 0.1) is 13.8 Å². The molecule has 7 nitrogen and oxygen atoms in total. The number of aryl methyl sites for hydroxylation is 2. The van der Waals surface area contributed by atoms with Crippen LogP contribution in [0.25, 0.3) is 0 Å². The summed E-state index contributed by atoms with van der Waals surface area (Å²) in [4.78, 5) is 32.0. The first-order chi connectivity index (χ1) is 13.4. The van der Waals surface area contributed by atoms with E-state index in [1.807, 2.05) is 26.0 Å². The maximum absolute atomic E-state index is 12.5. The zero-order valence-electron chi connectivity index (χ0n) is 15.9. The molecule has 2 aromatic carbocycles. The minimum absolute atomic E-state index is 0.151. The molecule has 1 aromatic heterocycles. The highest BCUT2D eigenvalue weighted by Gasteiger charge is 2.10. The Labute approximate surface area is 163 Å². The van der Waals surface area contributed by atoms with Crippen molar-refractivity contribution in [1.82, 2.24) is 9.97 Å². The van der Waals surface area contributed by atoms with Crippen LogP contribution in [-0.2, 0) is 4.79 Å². The van der Waals surface area contributed by atoms with E-state index in [1.54, 1.807) is 30.3 Å². The van der Waals surface area contributed by atoms with Crippen molar-refractivity contribution < 1.29 is 9.59 Å². The molecule has 3 rings (SSSR count). The van der Waals surface area contributed by atoms with Crippen molar-refractivity contribution in [1.29, 1.82) is 0 Å². The summed E-state index contributed by atoms with van der Waals surface area (Å²) in [7, 11) is 0. The maximum Gasteiger partial charge on any atom is 0.274 e. The van der Waals surface area contributed by atoms with Crippen molar-refractivity contribution in [3.05, 3.63) is 71.5 Å². The number of carbonyl (C=O) groups is 2. The molecule has 28 heavy (non-hydrogen) atoms. The van der Waals surface area contributed by atoms with Gasteiger partial charge in [0.05, 0.1) is 0 Å². The molecule has 1 heterocycles. The summed E-state index contributed by atoms with van der Waals surface area (Å²) in [6, 6.07) is 14.4. The lowest BCUT2D eigenvalue weighted by Crippen LogP contribution is -2.15. The summed E-state index contributed by atoms with van der Waals surface area (Å²) in [5, 5.41) is 8.60. The van der Waals surface area contributed by atoms with E-state index in [0.29, 0.717) is 17.3 Å². The molecule has 0 aliphatic heterocycles. The zero-order chi connectivity index (χ0) is 20.1. The van der Waals surface area contributed by atoms with Gasteiger partial charge in [0.15, 0.2) is 0 Å². The van der Waals surface area contributed by atoms with E-state index in [1.165, 1.54) is 18.7 Å². The first kappa shape index (κ1) is 19.0. The number of anilines is 4. The molecule has 0 radical (unpaired) electrons. The average Bonchev–Trinajstić information content (AvgIpc) is 2.65. The summed E-state index contributed by atoms with van der Waals surface area (Å²) >= 11 is 0. The van der Waals surface area contributed by atoms with E-state index in [2.05, 4.69) is 32.0 Å². The molecule has 0 spiro atoms. The van der Waals surface area contributed by atoms with Gasteiger partial charge in [-0.05, 0) is 55.8 Å². The standard InChI is InChI=1S/C21H21N5O2/c1-13-4-9-18(14(2)12-13)25-21-22-11-10-19(26-21)20(28)24-17-7-5-16(6-8-17)23-15(3)27/h4-12H,1-3H3,(H,23,27)(H,24,28)(H,22,25,26). The third-order valence-electron chi connectivity index (χ3n) is 3.98. The van der Waals surface area contributed by atoms with Gasteiger partial charge >= 0.3 is 0 Å². The van der Waals surface area contributed by atoms with Gasteiger partial charge in [-0.1, -0.05) is 17.7 Å². The van der Waals surface area contributed by atoms with Crippen LogP contribution in [-0.4, -0.2) is 21.8 Å². The van der Waals surface area contributed by atoms with Gasteiger partial charge in [0.2, 0.25) is 11.9 Å². The molecular formula is C21H21N5O2. The number of nitrogens with one attached hydrogen (secondary N) is 3. The van der Waals surface area contributed by atoms with Crippen LogP contribution in [0.15, 0.2) is 54.7 Å². The van der Waals surface area contributed by atoms with Gasteiger partial charge in [0, 0.05) is 30.2 Å². The average molecular weight is 375 g/mol. The maximum atomic E-state index is 12.5. The van der Waals surface area contributed by atoms with Crippen molar-refractivity contribution in [2.24, 2.45) is 0 Å².